The molecule has 1 aromatic carbocycles. The van der Waals surface area contributed by atoms with Crippen molar-refractivity contribution in [1.29, 1.82) is 0 Å². The number of phenols is 1. The van der Waals surface area contributed by atoms with E-state index in [1.54, 1.807) is 35.4 Å². The molecule has 6 heteroatoms. The Morgan fingerprint density at radius 2 is 2.41 bits per heavy atom. The third-order valence-corrected chi connectivity index (χ3v) is 4.06. The Morgan fingerprint density at radius 3 is 3.09 bits per heavy atom. The van der Waals surface area contributed by atoms with Gasteiger partial charge >= 0.3 is 0 Å². The number of aromatic hydroxyl groups is 1. The summed E-state index contributed by atoms with van der Waals surface area (Å²) >= 11 is 0. The predicted molar refractivity (Wildman–Crippen MR) is 81.1 cm³/mol. The Hall–Kier alpha value is -2.34. The second-order valence-electron chi connectivity index (χ2n) is 5.56. The van der Waals surface area contributed by atoms with Gasteiger partial charge in [0.2, 0.25) is 0 Å². The van der Waals surface area contributed by atoms with Crippen LogP contribution in [0.25, 0.3) is 5.69 Å². The zero-order valence-corrected chi connectivity index (χ0v) is 12.4. The Bertz CT molecular complexity index is 649. The van der Waals surface area contributed by atoms with Crippen LogP contribution >= 0.6 is 0 Å². The van der Waals surface area contributed by atoms with Crippen LogP contribution in [0.4, 0.5) is 0 Å². The summed E-state index contributed by atoms with van der Waals surface area (Å²) in [5, 5.41) is 12.9. The fraction of sp³-hybridized carbons (Fsp3) is 0.375. The lowest BCUT2D eigenvalue weighted by Gasteiger charge is -2.19. The Balaban J connectivity index is 1.78. The lowest BCUT2D eigenvalue weighted by Crippen LogP contribution is -2.38. The van der Waals surface area contributed by atoms with Crippen molar-refractivity contribution in [3.05, 3.63) is 42.5 Å². The van der Waals surface area contributed by atoms with E-state index in [1.165, 1.54) is 6.07 Å². The normalized spacial score (nSPS) is 19.0. The van der Waals surface area contributed by atoms with Crippen LogP contribution in [-0.2, 0) is 4.74 Å². The topological polar surface area (TPSA) is 76.4 Å². The number of phenolic OH excluding ortho intramolecular Hbond substituents is 1. The number of benzene rings is 1. The first kappa shape index (κ1) is 14.6. The average molecular weight is 301 g/mol. The van der Waals surface area contributed by atoms with Gasteiger partial charge in [0.1, 0.15) is 5.75 Å². The highest BCUT2D eigenvalue weighted by molar-refractivity contribution is 5.97. The molecule has 1 saturated heterocycles. The molecule has 22 heavy (non-hydrogen) atoms. The SMILES string of the molecule is CC(NC(=O)c1cc(-n2ccnc2)ccc1O)C1CCOC1. The summed E-state index contributed by atoms with van der Waals surface area (Å²) in [6.07, 6.45) is 6.04. The first-order valence-corrected chi connectivity index (χ1v) is 7.35. The summed E-state index contributed by atoms with van der Waals surface area (Å²) < 4.78 is 7.13. The van der Waals surface area contributed by atoms with Crippen molar-refractivity contribution in [2.75, 3.05) is 13.2 Å². The molecule has 1 fully saturated rings. The van der Waals surface area contributed by atoms with Gasteiger partial charge in [-0.2, -0.15) is 0 Å². The number of nitrogens with one attached hydrogen (secondary N) is 1. The molecule has 1 aliphatic rings. The van der Waals surface area contributed by atoms with Crippen molar-refractivity contribution in [1.82, 2.24) is 14.9 Å². The third-order valence-electron chi connectivity index (χ3n) is 4.06. The van der Waals surface area contributed by atoms with E-state index in [1.807, 2.05) is 6.92 Å². The number of imidazole rings is 1. The molecule has 0 aliphatic carbocycles. The maximum absolute atomic E-state index is 12.4. The minimum Gasteiger partial charge on any atom is -0.507 e. The molecule has 3 rings (SSSR count). The molecule has 0 radical (unpaired) electrons. The number of amides is 1. The molecule has 0 saturated carbocycles. The molecule has 6 nitrogen and oxygen atoms in total. The van der Waals surface area contributed by atoms with Gasteiger partial charge in [0.25, 0.3) is 5.91 Å². The van der Waals surface area contributed by atoms with Gasteiger partial charge in [-0.1, -0.05) is 0 Å². The van der Waals surface area contributed by atoms with E-state index in [4.69, 9.17) is 4.74 Å². The van der Waals surface area contributed by atoms with Crippen LogP contribution in [0.3, 0.4) is 0 Å². The van der Waals surface area contributed by atoms with Crippen LogP contribution < -0.4 is 5.32 Å². The predicted octanol–water partition coefficient (Wildman–Crippen LogP) is 1.73. The second-order valence-corrected chi connectivity index (χ2v) is 5.56. The summed E-state index contributed by atoms with van der Waals surface area (Å²) in [5.41, 5.74) is 1.04. The van der Waals surface area contributed by atoms with Crippen molar-refractivity contribution in [3.8, 4) is 11.4 Å². The van der Waals surface area contributed by atoms with Crippen molar-refractivity contribution < 1.29 is 14.6 Å². The van der Waals surface area contributed by atoms with Crippen molar-refractivity contribution >= 4 is 5.91 Å². The third kappa shape index (κ3) is 2.96. The van der Waals surface area contributed by atoms with Gasteiger partial charge in [0.15, 0.2) is 0 Å². The van der Waals surface area contributed by atoms with E-state index in [2.05, 4.69) is 10.3 Å². The first-order valence-electron chi connectivity index (χ1n) is 7.35. The second kappa shape index (κ2) is 6.19. The van der Waals surface area contributed by atoms with Crippen LogP contribution in [0.5, 0.6) is 5.75 Å². The van der Waals surface area contributed by atoms with Crippen LogP contribution in [0.15, 0.2) is 36.9 Å². The first-order chi connectivity index (χ1) is 10.6. The van der Waals surface area contributed by atoms with E-state index in [0.717, 1.165) is 18.7 Å². The highest BCUT2D eigenvalue weighted by Crippen LogP contribution is 2.22. The van der Waals surface area contributed by atoms with E-state index in [0.29, 0.717) is 12.5 Å². The summed E-state index contributed by atoms with van der Waals surface area (Å²) in [5.74, 6) is 0.0121. The highest BCUT2D eigenvalue weighted by atomic mass is 16.5. The number of nitrogens with zero attached hydrogens (tertiary/aromatic N) is 2. The van der Waals surface area contributed by atoms with Crippen molar-refractivity contribution in [2.24, 2.45) is 5.92 Å². The monoisotopic (exact) mass is 301 g/mol. The van der Waals surface area contributed by atoms with E-state index in [-0.39, 0.29) is 23.3 Å². The summed E-state index contributed by atoms with van der Waals surface area (Å²) in [6.45, 7) is 3.38. The van der Waals surface area contributed by atoms with Gasteiger partial charge in [-0.15, -0.1) is 0 Å². The molecule has 2 atom stereocenters. The quantitative estimate of drug-likeness (QED) is 0.902. The van der Waals surface area contributed by atoms with Crippen LogP contribution in [0, 0.1) is 5.92 Å². The number of ether oxygens (including phenoxy) is 1. The Labute approximate surface area is 128 Å². The van der Waals surface area contributed by atoms with Gasteiger partial charge < -0.3 is 19.7 Å². The molecular formula is C16H19N3O3. The largest absolute Gasteiger partial charge is 0.507 e. The van der Waals surface area contributed by atoms with Crippen LogP contribution in [-0.4, -0.2) is 39.8 Å². The highest BCUT2D eigenvalue weighted by Gasteiger charge is 2.24. The zero-order valence-electron chi connectivity index (χ0n) is 12.4. The smallest absolute Gasteiger partial charge is 0.255 e. The number of hydrogen-bond acceptors (Lipinski definition) is 4. The molecule has 1 amide bonds. The van der Waals surface area contributed by atoms with Crippen molar-refractivity contribution in [3.63, 3.8) is 0 Å². The number of carbonyl (C=O) groups is 1. The van der Waals surface area contributed by atoms with Gasteiger partial charge in [-0.05, 0) is 31.5 Å². The molecule has 116 valence electrons. The number of aromatic nitrogens is 2. The zero-order chi connectivity index (χ0) is 15.5. The number of hydrogen-bond donors (Lipinski definition) is 2. The lowest BCUT2D eigenvalue weighted by atomic mass is 10.0. The van der Waals surface area contributed by atoms with Gasteiger partial charge in [-0.3, -0.25) is 4.79 Å². The van der Waals surface area contributed by atoms with E-state index in [9.17, 15) is 9.90 Å². The molecule has 2 unspecified atom stereocenters. The summed E-state index contributed by atoms with van der Waals surface area (Å²) in [7, 11) is 0. The number of rotatable bonds is 4. The molecular weight excluding hydrogens is 282 g/mol. The molecule has 2 N–H and O–H groups in total. The minimum absolute atomic E-state index is 0.00583. The fourth-order valence-electron chi connectivity index (χ4n) is 2.63. The van der Waals surface area contributed by atoms with Gasteiger partial charge in [0, 0.05) is 36.6 Å². The molecule has 1 aliphatic heterocycles. The molecule has 0 bridgehead atoms. The molecule has 1 aromatic heterocycles. The standard InChI is InChI=1S/C16H19N3O3/c1-11(12-4-7-22-9-12)18-16(21)14-8-13(2-3-15(14)20)19-6-5-17-10-19/h2-3,5-6,8,10-12,20H,4,7,9H2,1H3,(H,18,21). The van der Waals surface area contributed by atoms with Gasteiger partial charge in [0.05, 0.1) is 18.5 Å². The number of carbonyl (C=O) groups excluding carboxylic acids is 1. The summed E-state index contributed by atoms with van der Waals surface area (Å²) in [6, 6.07) is 4.92. The van der Waals surface area contributed by atoms with E-state index < -0.39 is 0 Å². The lowest BCUT2D eigenvalue weighted by molar-refractivity contribution is 0.0919. The Kier molecular flexibility index (Phi) is 4.11. The minimum atomic E-state index is -0.279. The molecule has 0 spiro atoms. The molecule has 2 heterocycles. The van der Waals surface area contributed by atoms with Gasteiger partial charge in [-0.25, -0.2) is 4.98 Å². The van der Waals surface area contributed by atoms with Crippen LogP contribution in [0.2, 0.25) is 0 Å². The summed E-state index contributed by atoms with van der Waals surface area (Å²) in [4.78, 5) is 16.4. The van der Waals surface area contributed by atoms with Crippen LogP contribution in [0.1, 0.15) is 23.7 Å². The maximum atomic E-state index is 12.4. The Morgan fingerprint density at radius 1 is 1.55 bits per heavy atom. The molecule has 2 aromatic rings. The maximum Gasteiger partial charge on any atom is 0.255 e. The van der Waals surface area contributed by atoms with E-state index >= 15 is 0 Å². The average Bonchev–Trinajstić information content (AvgIpc) is 3.21. The van der Waals surface area contributed by atoms with Crippen molar-refractivity contribution in [2.45, 2.75) is 19.4 Å². The fourth-order valence-corrected chi connectivity index (χ4v) is 2.63.